The van der Waals surface area contributed by atoms with Gasteiger partial charge in [-0.1, -0.05) is 43.6 Å². The van der Waals surface area contributed by atoms with Crippen molar-refractivity contribution in [2.24, 2.45) is 11.3 Å². The Labute approximate surface area is 199 Å². The van der Waals surface area contributed by atoms with Gasteiger partial charge in [0, 0.05) is 12.0 Å². The van der Waals surface area contributed by atoms with Crippen LogP contribution in [0.3, 0.4) is 0 Å². The van der Waals surface area contributed by atoms with Gasteiger partial charge in [-0.3, -0.25) is 9.48 Å². The monoisotopic (exact) mass is 470 g/mol. The molecule has 0 saturated heterocycles. The van der Waals surface area contributed by atoms with Crippen LogP contribution in [0.1, 0.15) is 66.0 Å². The lowest BCUT2D eigenvalue weighted by atomic mass is 9.71. The molecule has 8 heteroatoms. The van der Waals surface area contributed by atoms with Crippen LogP contribution in [0.5, 0.6) is 5.75 Å². The second-order valence-electron chi connectivity index (χ2n) is 9.87. The first-order valence-corrected chi connectivity index (χ1v) is 11.6. The molecule has 1 atom stereocenters. The van der Waals surface area contributed by atoms with Gasteiger partial charge in [0.2, 0.25) is 0 Å². The van der Waals surface area contributed by atoms with Gasteiger partial charge in [-0.15, -0.1) is 0 Å². The van der Waals surface area contributed by atoms with Crippen molar-refractivity contribution in [1.29, 1.82) is 0 Å². The molecule has 1 aromatic carbocycles. The van der Waals surface area contributed by atoms with E-state index >= 15 is 0 Å². The molecule has 0 bridgehead atoms. The number of aromatic nitrogens is 3. The summed E-state index contributed by atoms with van der Waals surface area (Å²) in [5, 5.41) is 12.3. The van der Waals surface area contributed by atoms with Crippen molar-refractivity contribution in [2.75, 3.05) is 12.4 Å². The Morgan fingerprint density at radius 2 is 2.09 bits per heavy atom. The number of nitrogens with one attached hydrogen (secondary N) is 1. The number of rotatable bonds is 5. The number of fused-ring (bicyclic) bond motifs is 1. The standard InChI is InChI=1S/C25H31ClN4O3/c1-14-22(15(2)30(28-14)13-16-7-9-21(32-6)19(26)11-16)27-24(31)23-18-12-17(25(3,4)5)8-10-20(18)33-29-23/h7,9,11,17H,8,10,12-13H2,1-6H3,(H,27,31). The fraction of sp³-hybridized carbons (Fsp3) is 0.480. The average molecular weight is 471 g/mol. The van der Waals surface area contributed by atoms with Crippen LogP contribution in [0.4, 0.5) is 5.69 Å². The summed E-state index contributed by atoms with van der Waals surface area (Å²) in [6.07, 6.45) is 2.67. The second kappa shape index (κ2) is 8.86. The van der Waals surface area contributed by atoms with Crippen LogP contribution < -0.4 is 10.1 Å². The third kappa shape index (κ3) is 4.64. The molecule has 1 unspecified atom stereocenters. The Bertz CT molecular complexity index is 1190. The SMILES string of the molecule is COc1ccc(Cn2nc(C)c(NC(=O)c3noc4c3CC(C(C)(C)C)CC4)c2C)cc1Cl. The molecule has 0 radical (unpaired) electrons. The van der Waals surface area contributed by atoms with Crippen molar-refractivity contribution in [3.05, 3.63) is 57.2 Å². The van der Waals surface area contributed by atoms with E-state index in [4.69, 9.17) is 20.9 Å². The zero-order chi connectivity index (χ0) is 23.9. The van der Waals surface area contributed by atoms with E-state index in [1.165, 1.54) is 0 Å². The van der Waals surface area contributed by atoms with Gasteiger partial charge >= 0.3 is 0 Å². The highest BCUT2D eigenvalue weighted by molar-refractivity contribution is 6.32. The number of aryl methyl sites for hydroxylation is 2. The molecule has 1 N–H and O–H groups in total. The molecular formula is C25H31ClN4O3. The molecule has 2 heterocycles. The maximum Gasteiger partial charge on any atom is 0.278 e. The molecule has 1 aliphatic carbocycles. The van der Waals surface area contributed by atoms with Gasteiger partial charge in [0.25, 0.3) is 5.91 Å². The maximum absolute atomic E-state index is 13.2. The number of amides is 1. The van der Waals surface area contributed by atoms with Crippen LogP contribution in [0.15, 0.2) is 22.7 Å². The van der Waals surface area contributed by atoms with Crippen molar-refractivity contribution < 1.29 is 14.1 Å². The third-order valence-electron chi connectivity index (χ3n) is 6.65. The number of methoxy groups -OCH3 is 1. The topological polar surface area (TPSA) is 82.2 Å². The molecule has 7 nitrogen and oxygen atoms in total. The maximum atomic E-state index is 13.2. The first-order valence-electron chi connectivity index (χ1n) is 11.2. The lowest BCUT2D eigenvalue weighted by Crippen LogP contribution is -2.27. The summed E-state index contributed by atoms with van der Waals surface area (Å²) in [7, 11) is 1.59. The van der Waals surface area contributed by atoms with Crippen LogP contribution >= 0.6 is 11.6 Å². The number of carbonyl (C=O) groups is 1. The lowest BCUT2D eigenvalue weighted by Gasteiger charge is -2.33. The largest absolute Gasteiger partial charge is 0.495 e. The molecule has 2 aromatic heterocycles. The number of halogens is 1. The first kappa shape index (κ1) is 23.4. The van der Waals surface area contributed by atoms with Crippen LogP contribution in [0.2, 0.25) is 5.02 Å². The molecule has 1 aliphatic rings. The van der Waals surface area contributed by atoms with Crippen molar-refractivity contribution in [3.63, 3.8) is 0 Å². The summed E-state index contributed by atoms with van der Waals surface area (Å²) in [4.78, 5) is 13.2. The summed E-state index contributed by atoms with van der Waals surface area (Å²) in [5.74, 6) is 1.69. The molecule has 33 heavy (non-hydrogen) atoms. The fourth-order valence-corrected chi connectivity index (χ4v) is 4.79. The molecule has 0 saturated carbocycles. The quantitative estimate of drug-likeness (QED) is 0.524. The summed E-state index contributed by atoms with van der Waals surface area (Å²) >= 11 is 6.27. The minimum absolute atomic E-state index is 0.168. The average Bonchev–Trinajstić information content (AvgIpc) is 3.29. The Hall–Kier alpha value is -2.80. The zero-order valence-corrected chi connectivity index (χ0v) is 20.8. The molecule has 0 spiro atoms. The van der Waals surface area contributed by atoms with E-state index in [1.54, 1.807) is 7.11 Å². The van der Waals surface area contributed by atoms with E-state index < -0.39 is 0 Å². The molecule has 176 valence electrons. The lowest BCUT2D eigenvalue weighted by molar-refractivity contribution is 0.101. The number of hydrogen-bond acceptors (Lipinski definition) is 5. The molecule has 3 aromatic rings. The Morgan fingerprint density at radius 1 is 1.33 bits per heavy atom. The van der Waals surface area contributed by atoms with E-state index in [1.807, 2.05) is 36.7 Å². The Kier molecular flexibility index (Phi) is 6.27. The van der Waals surface area contributed by atoms with Gasteiger partial charge < -0.3 is 14.6 Å². The number of benzene rings is 1. The number of hydrogen-bond donors (Lipinski definition) is 1. The normalized spacial score (nSPS) is 15.9. The van der Waals surface area contributed by atoms with E-state index in [-0.39, 0.29) is 11.3 Å². The Balaban J connectivity index is 1.54. The summed E-state index contributed by atoms with van der Waals surface area (Å²) in [6, 6.07) is 5.65. The summed E-state index contributed by atoms with van der Waals surface area (Å²) in [5.41, 5.74) is 4.77. The minimum Gasteiger partial charge on any atom is -0.495 e. The van der Waals surface area contributed by atoms with Crippen molar-refractivity contribution in [1.82, 2.24) is 14.9 Å². The molecule has 4 rings (SSSR count). The van der Waals surface area contributed by atoms with E-state index in [2.05, 4.69) is 36.3 Å². The number of carbonyl (C=O) groups excluding carboxylic acids is 1. The number of anilines is 1. The molecular weight excluding hydrogens is 440 g/mol. The predicted octanol–water partition coefficient (Wildman–Crippen LogP) is 5.60. The van der Waals surface area contributed by atoms with Gasteiger partial charge in [-0.05, 0) is 55.7 Å². The van der Waals surface area contributed by atoms with Gasteiger partial charge in [0.1, 0.15) is 11.5 Å². The molecule has 1 amide bonds. The molecule has 0 aliphatic heterocycles. The van der Waals surface area contributed by atoms with Crippen molar-refractivity contribution >= 4 is 23.2 Å². The first-order chi connectivity index (χ1) is 15.6. The summed E-state index contributed by atoms with van der Waals surface area (Å²) in [6.45, 7) is 11.1. The van der Waals surface area contributed by atoms with Crippen molar-refractivity contribution in [2.45, 2.75) is 60.4 Å². The zero-order valence-electron chi connectivity index (χ0n) is 20.1. The highest BCUT2D eigenvalue weighted by Crippen LogP contribution is 2.38. The number of ether oxygens (including phenoxy) is 1. The van der Waals surface area contributed by atoms with E-state index in [0.717, 1.165) is 47.5 Å². The highest BCUT2D eigenvalue weighted by atomic mass is 35.5. The van der Waals surface area contributed by atoms with E-state index in [0.29, 0.717) is 34.6 Å². The van der Waals surface area contributed by atoms with Crippen LogP contribution in [-0.4, -0.2) is 28.0 Å². The molecule has 0 fully saturated rings. The van der Waals surface area contributed by atoms with Gasteiger partial charge in [-0.25, -0.2) is 0 Å². The highest BCUT2D eigenvalue weighted by Gasteiger charge is 2.34. The van der Waals surface area contributed by atoms with Crippen LogP contribution in [-0.2, 0) is 19.4 Å². The summed E-state index contributed by atoms with van der Waals surface area (Å²) < 4.78 is 12.6. The van der Waals surface area contributed by atoms with Crippen molar-refractivity contribution in [3.8, 4) is 5.75 Å². The van der Waals surface area contributed by atoms with Crippen LogP contribution in [0, 0.1) is 25.2 Å². The van der Waals surface area contributed by atoms with Gasteiger partial charge in [0.05, 0.1) is 35.8 Å². The third-order valence-corrected chi connectivity index (χ3v) is 6.94. The van der Waals surface area contributed by atoms with E-state index in [9.17, 15) is 4.79 Å². The number of nitrogens with zero attached hydrogens (tertiary/aromatic N) is 3. The second-order valence-corrected chi connectivity index (χ2v) is 10.3. The minimum atomic E-state index is -0.257. The predicted molar refractivity (Wildman–Crippen MR) is 128 cm³/mol. The van der Waals surface area contributed by atoms with Gasteiger partial charge in [0.15, 0.2) is 5.69 Å². The smallest absolute Gasteiger partial charge is 0.278 e. The van der Waals surface area contributed by atoms with Gasteiger partial charge in [-0.2, -0.15) is 5.10 Å². The Morgan fingerprint density at radius 3 is 2.76 bits per heavy atom. The fourth-order valence-electron chi connectivity index (χ4n) is 4.51. The van der Waals surface area contributed by atoms with Crippen LogP contribution in [0.25, 0.3) is 0 Å².